The zero-order valence-electron chi connectivity index (χ0n) is 11.5. The largest absolute Gasteiger partial charge is 0.338 e. The van der Waals surface area contributed by atoms with Gasteiger partial charge in [-0.3, -0.25) is 4.79 Å². The highest BCUT2D eigenvalue weighted by molar-refractivity contribution is 5.85. The fourth-order valence-electron chi connectivity index (χ4n) is 3.38. The molecule has 0 aromatic carbocycles. The van der Waals surface area contributed by atoms with Crippen LogP contribution in [0.3, 0.4) is 0 Å². The molecule has 0 bridgehead atoms. The van der Waals surface area contributed by atoms with E-state index in [1.54, 1.807) is 0 Å². The van der Waals surface area contributed by atoms with Gasteiger partial charge in [-0.2, -0.15) is 0 Å². The predicted octanol–water partition coefficient (Wildman–Crippen LogP) is 2.59. The Morgan fingerprint density at radius 1 is 1.22 bits per heavy atom. The molecule has 1 unspecified atom stereocenters. The van der Waals surface area contributed by atoms with Gasteiger partial charge in [0.2, 0.25) is 5.91 Å². The molecule has 18 heavy (non-hydrogen) atoms. The van der Waals surface area contributed by atoms with Gasteiger partial charge in [-0.05, 0) is 32.2 Å². The maximum absolute atomic E-state index is 12.2. The number of carbonyl (C=O) groups is 1. The molecular formula is C14H27ClN2O. The van der Waals surface area contributed by atoms with Crippen molar-refractivity contribution in [1.29, 1.82) is 0 Å². The maximum atomic E-state index is 12.2. The molecule has 1 atom stereocenters. The van der Waals surface area contributed by atoms with Gasteiger partial charge in [0.05, 0.1) is 0 Å². The van der Waals surface area contributed by atoms with Gasteiger partial charge in [-0.25, -0.2) is 0 Å². The molecule has 1 amide bonds. The van der Waals surface area contributed by atoms with E-state index in [0.717, 1.165) is 31.8 Å². The molecule has 0 aromatic heterocycles. The molecule has 1 heterocycles. The van der Waals surface area contributed by atoms with Crippen LogP contribution in [0.5, 0.6) is 0 Å². The Morgan fingerprint density at radius 2 is 1.94 bits per heavy atom. The van der Waals surface area contributed by atoms with Crippen LogP contribution in [-0.2, 0) is 4.79 Å². The van der Waals surface area contributed by atoms with Crippen LogP contribution < -0.4 is 5.32 Å². The number of rotatable bonds is 5. The summed E-state index contributed by atoms with van der Waals surface area (Å²) in [5.41, 5.74) is 0. The van der Waals surface area contributed by atoms with E-state index in [-0.39, 0.29) is 12.4 Å². The summed E-state index contributed by atoms with van der Waals surface area (Å²) in [5.74, 6) is 1.24. The lowest BCUT2D eigenvalue weighted by molar-refractivity contribution is -0.132. The second-order valence-corrected chi connectivity index (χ2v) is 5.63. The molecule has 106 valence electrons. The van der Waals surface area contributed by atoms with Crippen molar-refractivity contribution in [3.8, 4) is 0 Å². The minimum Gasteiger partial charge on any atom is -0.338 e. The van der Waals surface area contributed by atoms with Gasteiger partial charge in [-0.15, -0.1) is 12.4 Å². The molecule has 1 aliphatic heterocycles. The summed E-state index contributed by atoms with van der Waals surface area (Å²) in [6.07, 6.45) is 9.74. The summed E-state index contributed by atoms with van der Waals surface area (Å²) < 4.78 is 0. The van der Waals surface area contributed by atoms with Crippen molar-refractivity contribution in [1.82, 2.24) is 10.2 Å². The molecule has 3 nitrogen and oxygen atoms in total. The minimum atomic E-state index is 0. The second-order valence-electron chi connectivity index (χ2n) is 5.63. The van der Waals surface area contributed by atoms with Gasteiger partial charge in [0, 0.05) is 25.6 Å². The third-order valence-electron chi connectivity index (χ3n) is 4.38. The summed E-state index contributed by atoms with van der Waals surface area (Å²) in [6, 6.07) is 0.455. The number of nitrogens with one attached hydrogen (secondary N) is 1. The van der Waals surface area contributed by atoms with Crippen molar-refractivity contribution in [2.24, 2.45) is 5.92 Å². The van der Waals surface area contributed by atoms with Crippen LogP contribution >= 0.6 is 12.4 Å². The van der Waals surface area contributed by atoms with Crippen LogP contribution in [0.15, 0.2) is 0 Å². The van der Waals surface area contributed by atoms with Crippen molar-refractivity contribution in [2.45, 2.75) is 57.4 Å². The standard InChI is InChI=1S/C14H26N2O.ClH/c1-15-11-13-7-4-10-16(13)14(17)9-8-12-5-2-3-6-12;/h12-13,15H,2-11H2,1H3;1H. The summed E-state index contributed by atoms with van der Waals surface area (Å²) >= 11 is 0. The molecule has 0 aromatic rings. The molecule has 4 heteroatoms. The first-order valence-electron chi connectivity index (χ1n) is 7.25. The number of amides is 1. The SMILES string of the molecule is CNCC1CCCN1C(=O)CCC1CCCC1.Cl. The zero-order chi connectivity index (χ0) is 12.1. The molecule has 2 rings (SSSR count). The van der Waals surface area contributed by atoms with Gasteiger partial charge in [0.25, 0.3) is 0 Å². The van der Waals surface area contributed by atoms with Gasteiger partial charge < -0.3 is 10.2 Å². The fourth-order valence-corrected chi connectivity index (χ4v) is 3.38. The molecule has 2 aliphatic rings. The van der Waals surface area contributed by atoms with Gasteiger partial charge in [0.1, 0.15) is 0 Å². The van der Waals surface area contributed by atoms with Crippen molar-refractivity contribution >= 4 is 18.3 Å². The highest BCUT2D eigenvalue weighted by atomic mass is 35.5. The molecular weight excluding hydrogens is 248 g/mol. The Balaban J connectivity index is 0.00000162. The number of carbonyl (C=O) groups excluding carboxylic acids is 1. The Hall–Kier alpha value is -0.280. The predicted molar refractivity (Wildman–Crippen MR) is 77.1 cm³/mol. The smallest absolute Gasteiger partial charge is 0.222 e. The van der Waals surface area contributed by atoms with Crippen LogP contribution in [0, 0.1) is 5.92 Å². The van der Waals surface area contributed by atoms with Crippen LogP contribution in [-0.4, -0.2) is 37.0 Å². The lowest BCUT2D eigenvalue weighted by Gasteiger charge is -2.25. The van der Waals surface area contributed by atoms with E-state index in [2.05, 4.69) is 10.2 Å². The number of likely N-dealkylation sites (N-methyl/N-ethyl adjacent to an activating group) is 1. The number of nitrogens with zero attached hydrogens (tertiary/aromatic N) is 1. The molecule has 2 fully saturated rings. The maximum Gasteiger partial charge on any atom is 0.222 e. The molecule has 1 aliphatic carbocycles. The van der Waals surface area contributed by atoms with Crippen LogP contribution in [0.4, 0.5) is 0 Å². The monoisotopic (exact) mass is 274 g/mol. The Bertz CT molecular complexity index is 254. The second kappa shape index (κ2) is 8.00. The zero-order valence-corrected chi connectivity index (χ0v) is 12.3. The van der Waals surface area contributed by atoms with Crippen molar-refractivity contribution in [3.63, 3.8) is 0 Å². The van der Waals surface area contributed by atoms with E-state index in [4.69, 9.17) is 0 Å². The lowest BCUT2D eigenvalue weighted by Crippen LogP contribution is -2.40. The third-order valence-corrected chi connectivity index (χ3v) is 4.38. The molecule has 0 spiro atoms. The number of halogens is 1. The Kier molecular flexibility index (Phi) is 7.02. The van der Waals surface area contributed by atoms with Crippen LogP contribution in [0.2, 0.25) is 0 Å². The third kappa shape index (κ3) is 4.13. The van der Waals surface area contributed by atoms with Gasteiger partial charge >= 0.3 is 0 Å². The molecule has 1 saturated heterocycles. The lowest BCUT2D eigenvalue weighted by atomic mass is 10.0. The van der Waals surface area contributed by atoms with Gasteiger partial charge in [0.15, 0.2) is 0 Å². The van der Waals surface area contributed by atoms with Crippen molar-refractivity contribution in [3.05, 3.63) is 0 Å². The highest BCUT2D eigenvalue weighted by Gasteiger charge is 2.28. The fraction of sp³-hybridized carbons (Fsp3) is 0.929. The summed E-state index contributed by atoms with van der Waals surface area (Å²) in [6.45, 7) is 1.94. The first-order chi connectivity index (χ1) is 8.31. The number of hydrogen-bond acceptors (Lipinski definition) is 2. The summed E-state index contributed by atoms with van der Waals surface area (Å²) in [7, 11) is 1.97. The van der Waals surface area contributed by atoms with Gasteiger partial charge in [-0.1, -0.05) is 25.7 Å². The van der Waals surface area contributed by atoms with E-state index >= 15 is 0 Å². The van der Waals surface area contributed by atoms with E-state index in [1.807, 2.05) is 7.05 Å². The normalized spacial score (nSPS) is 24.3. The molecule has 1 N–H and O–H groups in total. The van der Waals surface area contributed by atoms with Crippen molar-refractivity contribution in [2.75, 3.05) is 20.1 Å². The van der Waals surface area contributed by atoms with E-state index < -0.39 is 0 Å². The topological polar surface area (TPSA) is 32.3 Å². The van der Waals surface area contributed by atoms with E-state index in [0.29, 0.717) is 11.9 Å². The van der Waals surface area contributed by atoms with E-state index in [9.17, 15) is 4.79 Å². The van der Waals surface area contributed by atoms with Crippen molar-refractivity contribution < 1.29 is 4.79 Å². The summed E-state index contributed by atoms with van der Waals surface area (Å²) in [5, 5.41) is 3.20. The molecule has 0 radical (unpaired) electrons. The highest BCUT2D eigenvalue weighted by Crippen LogP contribution is 2.29. The quantitative estimate of drug-likeness (QED) is 0.836. The first kappa shape index (κ1) is 15.8. The molecule has 1 saturated carbocycles. The minimum absolute atomic E-state index is 0. The number of hydrogen-bond donors (Lipinski definition) is 1. The average Bonchev–Trinajstić information content (AvgIpc) is 2.97. The average molecular weight is 275 g/mol. The Morgan fingerprint density at radius 3 is 2.61 bits per heavy atom. The first-order valence-corrected chi connectivity index (χ1v) is 7.25. The number of likely N-dealkylation sites (tertiary alicyclic amines) is 1. The van der Waals surface area contributed by atoms with Crippen LogP contribution in [0.25, 0.3) is 0 Å². The van der Waals surface area contributed by atoms with E-state index in [1.165, 1.54) is 38.5 Å². The van der Waals surface area contributed by atoms with Crippen LogP contribution in [0.1, 0.15) is 51.4 Å². The Labute approximate surface area is 117 Å². The summed E-state index contributed by atoms with van der Waals surface area (Å²) in [4.78, 5) is 14.3.